The number of hydrogen-bond donors (Lipinski definition) is 1. The molecule has 0 unspecified atom stereocenters. The highest BCUT2D eigenvalue weighted by Crippen LogP contribution is 2.22. The van der Waals surface area contributed by atoms with Gasteiger partial charge in [-0.1, -0.05) is 32.9 Å². The number of halogens is 1. The second kappa shape index (κ2) is 9.72. The average molecular weight is 283 g/mol. The Morgan fingerprint density at radius 1 is 1.20 bits per heavy atom. The van der Waals surface area contributed by atoms with Crippen molar-refractivity contribution in [3.8, 4) is 5.75 Å². The van der Waals surface area contributed by atoms with Crippen molar-refractivity contribution in [2.24, 2.45) is 5.92 Å². The van der Waals surface area contributed by atoms with Gasteiger partial charge >= 0.3 is 0 Å². The van der Waals surface area contributed by atoms with Crippen LogP contribution in [0, 0.1) is 11.7 Å². The van der Waals surface area contributed by atoms with Crippen LogP contribution in [0.25, 0.3) is 0 Å². The minimum atomic E-state index is -0.317. The quantitative estimate of drug-likeness (QED) is 0.668. The second-order valence-corrected chi connectivity index (χ2v) is 5.15. The van der Waals surface area contributed by atoms with E-state index in [1.54, 1.807) is 6.07 Å². The molecule has 0 amide bonds. The Bertz CT molecular complexity index is 383. The first-order chi connectivity index (χ1) is 9.65. The minimum absolute atomic E-state index is 0.317. The zero-order valence-corrected chi connectivity index (χ0v) is 12.7. The predicted octanol–water partition coefficient (Wildman–Crippen LogP) is 3.38. The van der Waals surface area contributed by atoms with Gasteiger partial charge in [0.05, 0.1) is 6.61 Å². The van der Waals surface area contributed by atoms with Crippen molar-refractivity contribution in [3.05, 3.63) is 29.6 Å². The molecule has 0 aromatic heterocycles. The van der Waals surface area contributed by atoms with Crippen LogP contribution >= 0.6 is 0 Å². The zero-order chi connectivity index (χ0) is 14.8. The Morgan fingerprint density at radius 3 is 2.70 bits per heavy atom. The molecule has 0 heterocycles. The van der Waals surface area contributed by atoms with E-state index in [9.17, 15) is 4.39 Å². The third kappa shape index (κ3) is 6.35. The van der Waals surface area contributed by atoms with E-state index in [-0.39, 0.29) is 5.82 Å². The first-order valence-electron chi connectivity index (χ1n) is 7.33. The van der Waals surface area contributed by atoms with Gasteiger partial charge in [-0.2, -0.15) is 0 Å². The van der Waals surface area contributed by atoms with Crippen molar-refractivity contribution >= 4 is 0 Å². The molecule has 0 fully saturated rings. The summed E-state index contributed by atoms with van der Waals surface area (Å²) in [6.07, 6.45) is 1.03. The third-order valence-electron chi connectivity index (χ3n) is 2.93. The number of ether oxygens (including phenoxy) is 2. The molecule has 0 aliphatic carbocycles. The van der Waals surface area contributed by atoms with Gasteiger partial charge in [-0.25, -0.2) is 4.39 Å². The highest BCUT2D eigenvalue weighted by atomic mass is 19.1. The van der Waals surface area contributed by atoms with Gasteiger partial charge in [0.15, 0.2) is 11.6 Å². The van der Waals surface area contributed by atoms with Crippen LogP contribution in [-0.4, -0.2) is 26.4 Å². The maximum absolute atomic E-state index is 13.8. The van der Waals surface area contributed by atoms with Crippen LogP contribution in [0.2, 0.25) is 0 Å². The summed E-state index contributed by atoms with van der Waals surface area (Å²) >= 11 is 0. The molecule has 0 atom stereocenters. The van der Waals surface area contributed by atoms with Crippen LogP contribution in [0.4, 0.5) is 4.39 Å². The fraction of sp³-hybridized carbons (Fsp3) is 0.625. The van der Waals surface area contributed by atoms with Crippen LogP contribution in [0.5, 0.6) is 5.75 Å². The summed E-state index contributed by atoms with van der Waals surface area (Å²) in [5, 5.41) is 3.18. The van der Waals surface area contributed by atoms with Crippen molar-refractivity contribution in [2.45, 2.75) is 33.7 Å². The molecule has 1 aromatic rings. The smallest absolute Gasteiger partial charge is 0.165 e. The van der Waals surface area contributed by atoms with Crippen molar-refractivity contribution in [2.75, 3.05) is 26.4 Å². The molecule has 1 aromatic carbocycles. The van der Waals surface area contributed by atoms with Crippen molar-refractivity contribution in [1.82, 2.24) is 5.32 Å². The number of benzene rings is 1. The number of rotatable bonds is 10. The molecule has 0 saturated carbocycles. The SMILES string of the molecule is CCNCc1cccc(F)c1OCCOCCC(C)C. The maximum atomic E-state index is 13.8. The van der Waals surface area contributed by atoms with E-state index >= 15 is 0 Å². The van der Waals surface area contributed by atoms with Gasteiger partial charge in [0, 0.05) is 18.7 Å². The van der Waals surface area contributed by atoms with E-state index in [1.165, 1.54) is 6.07 Å². The summed E-state index contributed by atoms with van der Waals surface area (Å²) < 4.78 is 24.8. The summed E-state index contributed by atoms with van der Waals surface area (Å²) in [6.45, 7) is 9.37. The Balaban J connectivity index is 2.38. The highest BCUT2D eigenvalue weighted by molar-refractivity contribution is 5.34. The molecule has 0 aliphatic rings. The molecular weight excluding hydrogens is 257 g/mol. The van der Waals surface area contributed by atoms with Gasteiger partial charge in [-0.15, -0.1) is 0 Å². The molecule has 1 rings (SSSR count). The molecule has 114 valence electrons. The number of para-hydroxylation sites is 1. The zero-order valence-electron chi connectivity index (χ0n) is 12.7. The summed E-state index contributed by atoms with van der Waals surface area (Å²) in [7, 11) is 0. The molecule has 0 bridgehead atoms. The topological polar surface area (TPSA) is 30.5 Å². The van der Waals surface area contributed by atoms with Crippen molar-refractivity contribution < 1.29 is 13.9 Å². The van der Waals surface area contributed by atoms with Crippen LogP contribution in [0.3, 0.4) is 0 Å². The van der Waals surface area contributed by atoms with Crippen LogP contribution in [0.15, 0.2) is 18.2 Å². The van der Waals surface area contributed by atoms with E-state index in [2.05, 4.69) is 19.2 Å². The largest absolute Gasteiger partial charge is 0.488 e. The predicted molar refractivity (Wildman–Crippen MR) is 79.5 cm³/mol. The molecule has 0 spiro atoms. The summed E-state index contributed by atoms with van der Waals surface area (Å²) in [6, 6.07) is 5.00. The highest BCUT2D eigenvalue weighted by Gasteiger charge is 2.09. The molecule has 0 radical (unpaired) electrons. The Kier molecular flexibility index (Phi) is 8.23. The Hall–Kier alpha value is -1.13. The first-order valence-corrected chi connectivity index (χ1v) is 7.33. The minimum Gasteiger partial charge on any atom is -0.488 e. The summed E-state index contributed by atoms with van der Waals surface area (Å²) in [5.74, 6) is 0.651. The second-order valence-electron chi connectivity index (χ2n) is 5.15. The average Bonchev–Trinajstić information content (AvgIpc) is 2.42. The Morgan fingerprint density at radius 2 is 2.00 bits per heavy atom. The molecule has 1 N–H and O–H groups in total. The van der Waals surface area contributed by atoms with Crippen LogP contribution < -0.4 is 10.1 Å². The Labute approximate surface area is 121 Å². The lowest BCUT2D eigenvalue weighted by Gasteiger charge is -2.13. The van der Waals surface area contributed by atoms with Crippen molar-refractivity contribution in [1.29, 1.82) is 0 Å². The third-order valence-corrected chi connectivity index (χ3v) is 2.93. The van der Waals surface area contributed by atoms with E-state index in [4.69, 9.17) is 9.47 Å². The van der Waals surface area contributed by atoms with E-state index in [0.717, 1.165) is 25.1 Å². The van der Waals surface area contributed by atoms with Gasteiger partial charge in [0.2, 0.25) is 0 Å². The molecule has 0 saturated heterocycles. The summed E-state index contributed by atoms with van der Waals surface area (Å²) in [5.41, 5.74) is 0.842. The van der Waals surface area contributed by atoms with Gasteiger partial charge in [-0.3, -0.25) is 0 Å². The molecule has 4 heteroatoms. The lowest BCUT2D eigenvalue weighted by Crippen LogP contribution is -2.15. The van der Waals surface area contributed by atoms with Crippen LogP contribution in [-0.2, 0) is 11.3 Å². The molecule has 3 nitrogen and oxygen atoms in total. The van der Waals surface area contributed by atoms with Crippen molar-refractivity contribution in [3.63, 3.8) is 0 Å². The maximum Gasteiger partial charge on any atom is 0.165 e. The molecule has 20 heavy (non-hydrogen) atoms. The van der Waals surface area contributed by atoms with E-state index in [1.807, 2.05) is 13.0 Å². The fourth-order valence-electron chi connectivity index (χ4n) is 1.74. The first kappa shape index (κ1) is 16.9. The lowest BCUT2D eigenvalue weighted by atomic mass is 10.1. The number of hydrogen-bond acceptors (Lipinski definition) is 3. The van der Waals surface area contributed by atoms with Gasteiger partial charge in [0.25, 0.3) is 0 Å². The molecular formula is C16H26FNO2. The lowest BCUT2D eigenvalue weighted by molar-refractivity contribution is 0.0909. The van der Waals surface area contributed by atoms with Gasteiger partial charge in [-0.05, 0) is 24.9 Å². The molecule has 0 aliphatic heterocycles. The van der Waals surface area contributed by atoms with E-state index < -0.39 is 0 Å². The number of nitrogens with one attached hydrogen (secondary N) is 1. The fourth-order valence-corrected chi connectivity index (χ4v) is 1.74. The summed E-state index contributed by atoms with van der Waals surface area (Å²) in [4.78, 5) is 0. The monoisotopic (exact) mass is 283 g/mol. The normalized spacial score (nSPS) is 11.1. The van der Waals surface area contributed by atoms with Gasteiger partial charge < -0.3 is 14.8 Å². The van der Waals surface area contributed by atoms with Gasteiger partial charge in [0.1, 0.15) is 6.61 Å². The van der Waals surface area contributed by atoms with E-state index in [0.29, 0.717) is 31.4 Å². The standard InChI is InChI=1S/C16H26FNO2/c1-4-18-12-14-6-5-7-15(17)16(14)20-11-10-19-9-8-13(2)3/h5-7,13,18H,4,8-12H2,1-3H3. The van der Waals surface area contributed by atoms with Crippen LogP contribution in [0.1, 0.15) is 32.8 Å².